The monoisotopic (exact) mass is 296 g/mol. The molecule has 0 bridgehead atoms. The van der Waals surface area contributed by atoms with Crippen LogP contribution in [0.3, 0.4) is 0 Å². The molecule has 1 heterocycles. The topological polar surface area (TPSA) is 18.5 Å². The number of hydrogen-bond acceptors (Lipinski definition) is 2. The molecule has 1 aromatic carbocycles. The summed E-state index contributed by atoms with van der Waals surface area (Å²) in [5.41, 5.74) is 0.546. The predicted molar refractivity (Wildman–Crippen MR) is 75.6 cm³/mol. The van der Waals surface area contributed by atoms with Gasteiger partial charge in [-0.05, 0) is 36.8 Å². The van der Waals surface area contributed by atoms with Crippen LogP contribution in [-0.2, 0) is 9.47 Å². The van der Waals surface area contributed by atoms with Gasteiger partial charge in [-0.2, -0.15) is 0 Å². The van der Waals surface area contributed by atoms with Crippen molar-refractivity contribution in [3.63, 3.8) is 0 Å². The summed E-state index contributed by atoms with van der Waals surface area (Å²) in [5.74, 6) is 0.236. The van der Waals surface area contributed by atoms with Crippen LogP contribution in [0.2, 0.25) is 0 Å². The van der Waals surface area contributed by atoms with Crippen molar-refractivity contribution >= 4 is 0 Å². The van der Waals surface area contributed by atoms with E-state index in [-0.39, 0.29) is 0 Å². The van der Waals surface area contributed by atoms with Gasteiger partial charge in [0.2, 0.25) is 0 Å². The molecule has 0 aromatic heterocycles. The average molecular weight is 296 g/mol. The zero-order valence-electron chi connectivity index (χ0n) is 12.4. The Balaban J connectivity index is 1.56. The van der Waals surface area contributed by atoms with Gasteiger partial charge in [-0.15, -0.1) is 0 Å². The highest BCUT2D eigenvalue weighted by Gasteiger charge is 2.31. The lowest BCUT2D eigenvalue weighted by Gasteiger charge is -2.37. The molecule has 116 valence electrons. The van der Waals surface area contributed by atoms with Crippen molar-refractivity contribution < 1.29 is 18.3 Å². The molecule has 0 N–H and O–H groups in total. The first-order chi connectivity index (χ1) is 10.1. The summed E-state index contributed by atoms with van der Waals surface area (Å²) < 4.78 is 37.7. The lowest BCUT2D eigenvalue weighted by Crippen LogP contribution is -2.34. The number of rotatable bonds is 2. The molecule has 21 heavy (non-hydrogen) atoms. The minimum absolute atomic E-state index is 0.430. The Morgan fingerprint density at radius 1 is 0.905 bits per heavy atom. The van der Waals surface area contributed by atoms with Crippen molar-refractivity contribution in [2.24, 2.45) is 17.8 Å². The van der Waals surface area contributed by atoms with E-state index in [2.05, 4.69) is 6.92 Å². The van der Waals surface area contributed by atoms with E-state index in [9.17, 15) is 8.78 Å². The number of ether oxygens (including phenoxy) is 2. The minimum Gasteiger partial charge on any atom is -0.348 e. The first-order valence-electron chi connectivity index (χ1n) is 7.81. The number of halogens is 2. The largest absolute Gasteiger partial charge is 0.348 e. The lowest BCUT2D eigenvalue weighted by molar-refractivity contribution is -0.214. The van der Waals surface area contributed by atoms with Crippen molar-refractivity contribution in [1.82, 2.24) is 0 Å². The fourth-order valence-electron chi connectivity index (χ4n) is 3.40. The van der Waals surface area contributed by atoms with Crippen LogP contribution >= 0.6 is 0 Å². The molecule has 0 atom stereocenters. The van der Waals surface area contributed by atoms with E-state index in [0.29, 0.717) is 30.6 Å². The van der Waals surface area contributed by atoms with Crippen molar-refractivity contribution in [3.05, 3.63) is 35.4 Å². The second-order valence-corrected chi connectivity index (χ2v) is 6.45. The molecule has 1 aromatic rings. The van der Waals surface area contributed by atoms with E-state index in [1.54, 1.807) is 0 Å². The second kappa shape index (κ2) is 6.41. The molecular weight excluding hydrogens is 274 g/mol. The molecule has 4 heteroatoms. The quantitative estimate of drug-likeness (QED) is 0.802. The maximum atomic E-state index is 13.3. The molecule has 2 nitrogen and oxygen atoms in total. The normalized spacial score (nSPS) is 33.9. The highest BCUT2D eigenvalue weighted by Crippen LogP contribution is 2.37. The second-order valence-electron chi connectivity index (χ2n) is 6.45. The van der Waals surface area contributed by atoms with Gasteiger partial charge in [0.25, 0.3) is 0 Å². The van der Waals surface area contributed by atoms with E-state index in [4.69, 9.17) is 9.47 Å². The van der Waals surface area contributed by atoms with E-state index >= 15 is 0 Å². The molecule has 1 aliphatic carbocycles. The third-order valence-electron chi connectivity index (χ3n) is 4.87. The average Bonchev–Trinajstić information content (AvgIpc) is 2.51. The standard InChI is InChI=1S/C17H22F2O2/c1-11-2-4-12(5-3-11)14-9-20-17(21-10-14)13-6-7-15(18)16(19)8-13/h6-8,11-12,14,17H,2-5,9-10H2,1H3/t11-,12-,14-,17-. The summed E-state index contributed by atoms with van der Waals surface area (Å²) in [5, 5.41) is 0. The fraction of sp³-hybridized carbons (Fsp3) is 0.647. The molecule has 1 aliphatic heterocycles. The van der Waals surface area contributed by atoms with E-state index in [1.807, 2.05) is 0 Å². The van der Waals surface area contributed by atoms with Gasteiger partial charge < -0.3 is 9.47 Å². The van der Waals surface area contributed by atoms with Crippen LogP contribution in [0, 0.1) is 29.4 Å². The minimum atomic E-state index is -0.858. The van der Waals surface area contributed by atoms with Crippen LogP contribution in [0.1, 0.15) is 44.5 Å². The zero-order chi connectivity index (χ0) is 14.8. The van der Waals surface area contributed by atoms with Crippen LogP contribution in [-0.4, -0.2) is 13.2 Å². The molecule has 0 radical (unpaired) electrons. The molecule has 3 rings (SSSR count). The fourth-order valence-corrected chi connectivity index (χ4v) is 3.40. The van der Waals surface area contributed by atoms with E-state index < -0.39 is 17.9 Å². The molecule has 1 saturated heterocycles. The van der Waals surface area contributed by atoms with Gasteiger partial charge >= 0.3 is 0 Å². The summed E-state index contributed by atoms with van der Waals surface area (Å²) in [7, 11) is 0. The Morgan fingerprint density at radius 3 is 2.19 bits per heavy atom. The Morgan fingerprint density at radius 2 is 1.57 bits per heavy atom. The molecule has 2 aliphatic rings. The number of benzene rings is 1. The SMILES string of the molecule is C[C@H]1CC[C@H]([C@H]2CO[C@H](c3ccc(F)c(F)c3)OC2)CC1. The third-order valence-corrected chi connectivity index (χ3v) is 4.87. The summed E-state index contributed by atoms with van der Waals surface area (Å²) in [4.78, 5) is 0. The van der Waals surface area contributed by atoms with Crippen molar-refractivity contribution in [2.45, 2.75) is 38.9 Å². The van der Waals surface area contributed by atoms with Gasteiger partial charge in [-0.3, -0.25) is 0 Å². The van der Waals surface area contributed by atoms with E-state index in [1.165, 1.54) is 31.7 Å². The van der Waals surface area contributed by atoms with Crippen LogP contribution in [0.25, 0.3) is 0 Å². The smallest absolute Gasteiger partial charge is 0.183 e. The van der Waals surface area contributed by atoms with Crippen molar-refractivity contribution in [1.29, 1.82) is 0 Å². The van der Waals surface area contributed by atoms with Crippen LogP contribution in [0.5, 0.6) is 0 Å². The van der Waals surface area contributed by atoms with Crippen molar-refractivity contribution in [2.75, 3.05) is 13.2 Å². The Bertz CT molecular complexity index is 476. The maximum absolute atomic E-state index is 13.3. The Kier molecular flexibility index (Phi) is 4.55. The Labute approximate surface area is 124 Å². The molecule has 0 amide bonds. The van der Waals surface area contributed by atoms with Crippen molar-refractivity contribution in [3.8, 4) is 0 Å². The number of hydrogen-bond donors (Lipinski definition) is 0. The first kappa shape index (κ1) is 14.9. The van der Waals surface area contributed by atoms with Gasteiger partial charge in [0.05, 0.1) is 13.2 Å². The summed E-state index contributed by atoms with van der Waals surface area (Å²) in [6.45, 7) is 3.59. The lowest BCUT2D eigenvalue weighted by atomic mass is 9.76. The summed E-state index contributed by atoms with van der Waals surface area (Å²) in [6, 6.07) is 3.79. The van der Waals surface area contributed by atoms with Crippen LogP contribution in [0.4, 0.5) is 8.78 Å². The molecule has 0 unspecified atom stereocenters. The molecule has 1 saturated carbocycles. The van der Waals surface area contributed by atoms with Gasteiger partial charge in [0.1, 0.15) is 0 Å². The molecule has 0 spiro atoms. The predicted octanol–water partition coefficient (Wildman–Crippen LogP) is 4.45. The molecular formula is C17H22F2O2. The molecule has 2 fully saturated rings. The Hall–Kier alpha value is -1.00. The van der Waals surface area contributed by atoms with Gasteiger partial charge in [0.15, 0.2) is 17.9 Å². The van der Waals surface area contributed by atoms with Gasteiger partial charge in [0, 0.05) is 11.5 Å². The summed E-state index contributed by atoms with van der Waals surface area (Å²) in [6.07, 6.45) is 4.49. The third kappa shape index (κ3) is 3.43. The van der Waals surface area contributed by atoms with Gasteiger partial charge in [-0.1, -0.05) is 25.8 Å². The maximum Gasteiger partial charge on any atom is 0.183 e. The highest BCUT2D eigenvalue weighted by molar-refractivity contribution is 5.19. The van der Waals surface area contributed by atoms with Crippen LogP contribution in [0.15, 0.2) is 18.2 Å². The van der Waals surface area contributed by atoms with E-state index in [0.717, 1.165) is 18.1 Å². The zero-order valence-corrected chi connectivity index (χ0v) is 12.4. The van der Waals surface area contributed by atoms with Crippen LogP contribution < -0.4 is 0 Å². The first-order valence-corrected chi connectivity index (χ1v) is 7.81. The summed E-state index contributed by atoms with van der Waals surface area (Å²) >= 11 is 0. The highest BCUT2D eigenvalue weighted by atomic mass is 19.2. The van der Waals surface area contributed by atoms with Gasteiger partial charge in [-0.25, -0.2) is 8.78 Å².